The molecule has 0 unspecified atom stereocenters. The molecule has 1 N–H and O–H groups in total. The Balaban J connectivity index is 1.97. The summed E-state index contributed by atoms with van der Waals surface area (Å²) in [7, 11) is 0. The number of H-pyrrole nitrogens is 1. The minimum Gasteiger partial charge on any atom is -0.352 e. The number of nitrogens with one attached hydrogen (secondary N) is 1. The van der Waals surface area contributed by atoms with Crippen LogP contribution in [0.4, 0.5) is 0 Å². The van der Waals surface area contributed by atoms with E-state index in [2.05, 4.69) is 37.0 Å². The van der Waals surface area contributed by atoms with Crippen LogP contribution < -0.4 is 0 Å². The Kier molecular flexibility index (Phi) is 2.08. The zero-order chi connectivity index (χ0) is 13.2. The maximum atomic E-state index is 12.8. The van der Waals surface area contributed by atoms with Gasteiger partial charge in [-0.3, -0.25) is 4.79 Å². The van der Waals surface area contributed by atoms with E-state index in [1.807, 2.05) is 6.07 Å². The van der Waals surface area contributed by atoms with Crippen LogP contribution in [0.5, 0.6) is 0 Å². The molecule has 2 aliphatic carbocycles. The molecule has 4 rings (SSSR count). The minimum absolute atomic E-state index is 0.140. The largest absolute Gasteiger partial charge is 0.352 e. The Morgan fingerprint density at radius 2 is 2.05 bits per heavy atom. The van der Waals surface area contributed by atoms with Crippen LogP contribution >= 0.6 is 0 Å². The Bertz CT molecular complexity index is 680. The van der Waals surface area contributed by atoms with Crippen molar-refractivity contribution in [1.29, 1.82) is 0 Å². The first kappa shape index (κ1) is 11.3. The molecule has 0 amide bonds. The highest BCUT2D eigenvalue weighted by Crippen LogP contribution is 2.55. The summed E-state index contributed by atoms with van der Waals surface area (Å²) in [4.78, 5) is 16.2. The van der Waals surface area contributed by atoms with Gasteiger partial charge >= 0.3 is 0 Å². The second kappa shape index (κ2) is 3.50. The van der Waals surface area contributed by atoms with Crippen LogP contribution in [0.15, 0.2) is 24.3 Å². The maximum absolute atomic E-state index is 12.8. The maximum Gasteiger partial charge on any atom is 0.183 e. The molecule has 0 spiro atoms. The quantitative estimate of drug-likeness (QED) is 0.747. The van der Waals surface area contributed by atoms with Gasteiger partial charge in [-0.15, -0.1) is 0 Å². The molecule has 1 saturated carbocycles. The summed E-state index contributed by atoms with van der Waals surface area (Å²) >= 11 is 0. The summed E-state index contributed by atoms with van der Waals surface area (Å²) < 4.78 is 0. The normalized spacial score (nSPS) is 28.4. The first-order valence-corrected chi connectivity index (χ1v) is 7.24. The molecule has 1 heterocycles. The van der Waals surface area contributed by atoms with Crippen LogP contribution in [0.2, 0.25) is 0 Å². The summed E-state index contributed by atoms with van der Waals surface area (Å²) in [6, 6.07) is 8.33. The van der Waals surface area contributed by atoms with E-state index in [9.17, 15) is 4.79 Å². The van der Waals surface area contributed by atoms with E-state index < -0.39 is 0 Å². The Morgan fingerprint density at radius 3 is 2.89 bits per heavy atom. The molecule has 0 bridgehead atoms. The molecule has 1 fully saturated rings. The summed E-state index contributed by atoms with van der Waals surface area (Å²) in [5, 5.41) is 1.26. The topological polar surface area (TPSA) is 32.9 Å². The molecular weight excluding hydrogens is 234 g/mol. The standard InChI is InChI=1S/C17H19NO/c1-17(2)9-5-7-11-13-10-6-3-4-8-12(10)18-15(13)16(19)14(11)17/h3-4,6,8,11,14,18H,5,7,9H2,1-2H3/t11-,14-/m1/s1. The first-order chi connectivity index (χ1) is 9.09. The monoisotopic (exact) mass is 253 g/mol. The zero-order valence-corrected chi connectivity index (χ0v) is 11.5. The summed E-state index contributed by atoms with van der Waals surface area (Å²) in [6.07, 6.45) is 3.57. The lowest BCUT2D eigenvalue weighted by atomic mass is 9.63. The van der Waals surface area contributed by atoms with Gasteiger partial charge in [0.2, 0.25) is 0 Å². The second-order valence-electron chi connectivity index (χ2n) is 6.79. The summed E-state index contributed by atoms with van der Waals surface area (Å²) in [5.41, 5.74) is 3.45. The molecule has 1 aromatic heterocycles. The number of aromatic amines is 1. The van der Waals surface area contributed by atoms with Gasteiger partial charge in [0.1, 0.15) is 0 Å². The van der Waals surface area contributed by atoms with Crippen LogP contribution in [-0.4, -0.2) is 10.8 Å². The van der Waals surface area contributed by atoms with Crippen molar-refractivity contribution in [2.75, 3.05) is 0 Å². The lowest BCUT2D eigenvalue weighted by Gasteiger charge is -2.39. The van der Waals surface area contributed by atoms with Crippen LogP contribution in [-0.2, 0) is 0 Å². The average molecular weight is 253 g/mol. The molecule has 19 heavy (non-hydrogen) atoms. The van der Waals surface area contributed by atoms with Crippen molar-refractivity contribution in [2.24, 2.45) is 11.3 Å². The third-order valence-electron chi connectivity index (χ3n) is 5.23. The number of rotatable bonds is 0. The van der Waals surface area contributed by atoms with Gasteiger partial charge in [0.05, 0.1) is 5.69 Å². The van der Waals surface area contributed by atoms with E-state index in [-0.39, 0.29) is 11.3 Å². The fraction of sp³-hybridized carbons (Fsp3) is 0.471. The van der Waals surface area contributed by atoms with Gasteiger partial charge in [0, 0.05) is 16.8 Å². The highest BCUT2D eigenvalue weighted by atomic mass is 16.1. The molecule has 0 aliphatic heterocycles. The number of para-hydroxylation sites is 1. The van der Waals surface area contributed by atoms with Gasteiger partial charge in [0.25, 0.3) is 0 Å². The second-order valence-corrected chi connectivity index (χ2v) is 6.79. The Morgan fingerprint density at radius 1 is 1.26 bits per heavy atom. The highest BCUT2D eigenvalue weighted by molar-refractivity contribution is 6.08. The number of aromatic nitrogens is 1. The third-order valence-corrected chi connectivity index (χ3v) is 5.23. The summed E-state index contributed by atoms with van der Waals surface area (Å²) in [5.74, 6) is 0.968. The van der Waals surface area contributed by atoms with Gasteiger partial charge < -0.3 is 4.98 Å². The molecule has 2 heteroatoms. The van der Waals surface area contributed by atoms with Crippen molar-refractivity contribution < 1.29 is 4.79 Å². The van der Waals surface area contributed by atoms with E-state index in [4.69, 9.17) is 0 Å². The molecule has 2 aromatic rings. The molecule has 98 valence electrons. The van der Waals surface area contributed by atoms with Crippen molar-refractivity contribution in [3.8, 4) is 0 Å². The molecular formula is C17H19NO. The lowest BCUT2D eigenvalue weighted by molar-refractivity contribution is 0.0684. The highest BCUT2D eigenvalue weighted by Gasteiger charge is 2.51. The van der Waals surface area contributed by atoms with Crippen LogP contribution in [0.25, 0.3) is 10.9 Å². The van der Waals surface area contributed by atoms with Crippen LogP contribution in [0.3, 0.4) is 0 Å². The molecule has 1 aromatic carbocycles. The first-order valence-electron chi connectivity index (χ1n) is 7.24. The van der Waals surface area contributed by atoms with E-state index in [1.54, 1.807) is 0 Å². The molecule has 2 atom stereocenters. The molecule has 2 aliphatic rings. The van der Waals surface area contributed by atoms with Crippen molar-refractivity contribution in [2.45, 2.75) is 39.0 Å². The zero-order valence-electron chi connectivity index (χ0n) is 11.5. The van der Waals surface area contributed by atoms with E-state index in [0.29, 0.717) is 11.7 Å². The van der Waals surface area contributed by atoms with Crippen molar-refractivity contribution in [3.63, 3.8) is 0 Å². The lowest BCUT2D eigenvalue weighted by Crippen LogP contribution is -2.35. The SMILES string of the molecule is CC1(C)CCC[C@@H]2c3c([nH]c4ccccc34)C(=O)[C@@H]21. The number of ketones is 1. The third kappa shape index (κ3) is 1.35. The van der Waals surface area contributed by atoms with E-state index in [0.717, 1.165) is 17.6 Å². The van der Waals surface area contributed by atoms with Crippen LogP contribution in [0.1, 0.15) is 55.1 Å². The predicted octanol–water partition coefficient (Wildman–Crippen LogP) is 4.27. The van der Waals surface area contributed by atoms with Gasteiger partial charge in [-0.2, -0.15) is 0 Å². The number of benzene rings is 1. The number of carbonyl (C=O) groups is 1. The Hall–Kier alpha value is -1.57. The molecule has 2 nitrogen and oxygen atoms in total. The van der Waals surface area contributed by atoms with Crippen molar-refractivity contribution >= 4 is 16.7 Å². The van der Waals surface area contributed by atoms with Crippen molar-refractivity contribution in [1.82, 2.24) is 4.98 Å². The number of carbonyl (C=O) groups excluding carboxylic acids is 1. The van der Waals surface area contributed by atoms with Crippen LogP contribution in [0, 0.1) is 11.3 Å². The number of hydrogen-bond donors (Lipinski definition) is 1. The fourth-order valence-electron chi connectivity index (χ4n) is 4.39. The number of fused-ring (bicyclic) bond motifs is 5. The van der Waals surface area contributed by atoms with Gasteiger partial charge in [-0.1, -0.05) is 38.5 Å². The van der Waals surface area contributed by atoms with Gasteiger partial charge in [0.15, 0.2) is 5.78 Å². The predicted molar refractivity (Wildman–Crippen MR) is 76.5 cm³/mol. The minimum atomic E-state index is 0.140. The molecule has 0 radical (unpaired) electrons. The van der Waals surface area contributed by atoms with Crippen molar-refractivity contribution in [3.05, 3.63) is 35.5 Å². The summed E-state index contributed by atoms with van der Waals surface area (Å²) in [6.45, 7) is 4.52. The smallest absolute Gasteiger partial charge is 0.183 e. The fourth-order valence-corrected chi connectivity index (χ4v) is 4.39. The Labute approximate surface area is 113 Å². The van der Waals surface area contributed by atoms with Gasteiger partial charge in [-0.05, 0) is 35.8 Å². The molecule has 0 saturated heterocycles. The number of Topliss-reactive ketones (excluding diaryl/α,β-unsaturated/α-hetero) is 1. The number of hydrogen-bond acceptors (Lipinski definition) is 1. The average Bonchev–Trinajstić information content (AvgIpc) is 2.87. The van der Waals surface area contributed by atoms with Gasteiger partial charge in [-0.25, -0.2) is 0 Å². The van der Waals surface area contributed by atoms with E-state index in [1.165, 1.54) is 23.8 Å². The van der Waals surface area contributed by atoms with E-state index >= 15 is 0 Å².